The maximum Gasteiger partial charge on any atom is 0.333 e. The Morgan fingerprint density at radius 1 is 1.02 bits per heavy atom. The van der Waals surface area contributed by atoms with E-state index in [1.807, 2.05) is 12.2 Å². The summed E-state index contributed by atoms with van der Waals surface area (Å²) in [7, 11) is 1.40. The first-order valence-electron chi connectivity index (χ1n) is 18.0. The van der Waals surface area contributed by atoms with E-state index in [4.69, 9.17) is 41.0 Å². The average molecular weight is 791 g/mol. The Labute approximate surface area is 325 Å². The highest BCUT2D eigenvalue weighted by Gasteiger charge is 2.39. The van der Waals surface area contributed by atoms with Gasteiger partial charge in [-0.3, -0.25) is 20.0 Å². The molecule has 0 bridgehead atoms. The maximum atomic E-state index is 12.7. The molecule has 2 aromatic rings. The minimum Gasteiger partial charge on any atom is -0.493 e. The van der Waals surface area contributed by atoms with Crippen LogP contribution >= 0.6 is 11.6 Å². The first-order valence-corrected chi connectivity index (χ1v) is 18.3. The number of hydrogen-bond donors (Lipinski definition) is 6. The van der Waals surface area contributed by atoms with Gasteiger partial charge in [-0.2, -0.15) is 0 Å². The van der Waals surface area contributed by atoms with Crippen LogP contribution < -0.4 is 19.5 Å². The highest BCUT2D eigenvalue weighted by Crippen LogP contribution is 2.36. The van der Waals surface area contributed by atoms with E-state index in [1.54, 1.807) is 48.6 Å². The van der Waals surface area contributed by atoms with E-state index in [0.29, 0.717) is 48.4 Å². The van der Waals surface area contributed by atoms with E-state index >= 15 is 0 Å². The molecule has 1 saturated carbocycles. The molecule has 0 spiro atoms. The van der Waals surface area contributed by atoms with Crippen molar-refractivity contribution in [3.8, 4) is 17.2 Å². The van der Waals surface area contributed by atoms with Crippen molar-refractivity contribution in [1.82, 2.24) is 10.7 Å². The first kappa shape index (κ1) is 45.1. The summed E-state index contributed by atoms with van der Waals surface area (Å²) in [5, 5.41) is 51.1. The lowest BCUT2D eigenvalue weighted by atomic mass is 9.89. The van der Waals surface area contributed by atoms with E-state index in [-0.39, 0.29) is 67.3 Å². The second kappa shape index (κ2) is 24.2. The lowest BCUT2D eigenvalue weighted by Gasteiger charge is -2.19. The van der Waals surface area contributed by atoms with Crippen LogP contribution in [0.3, 0.4) is 0 Å². The summed E-state index contributed by atoms with van der Waals surface area (Å²) in [4.78, 5) is 41.7. The second-order valence-corrected chi connectivity index (χ2v) is 13.3. The van der Waals surface area contributed by atoms with Gasteiger partial charge in [0.1, 0.15) is 24.5 Å². The quantitative estimate of drug-likeness (QED) is 0.0227. The summed E-state index contributed by atoms with van der Waals surface area (Å²) in [5.74, 6) is -1.32. The van der Waals surface area contributed by atoms with Crippen LogP contribution in [0.1, 0.15) is 57.4 Å². The lowest BCUT2D eigenvalue weighted by molar-refractivity contribution is -0.492. The molecule has 6 N–H and O–H groups in total. The molecule has 1 aliphatic carbocycles. The van der Waals surface area contributed by atoms with Gasteiger partial charge >= 0.3 is 11.9 Å². The number of allylic oxidation sites excluding steroid dienone is 2. The van der Waals surface area contributed by atoms with Crippen molar-refractivity contribution in [3.63, 3.8) is 0 Å². The number of ether oxygens (including phenoxy) is 4. The Morgan fingerprint density at radius 2 is 1.80 bits per heavy atom. The van der Waals surface area contributed by atoms with Gasteiger partial charge in [0.2, 0.25) is 5.91 Å². The zero-order chi connectivity index (χ0) is 40.2. The highest BCUT2D eigenvalue weighted by molar-refractivity contribution is 6.30. The Bertz CT molecular complexity index is 1600. The van der Waals surface area contributed by atoms with Crippen LogP contribution in [0.2, 0.25) is 5.02 Å². The third-order valence-corrected chi connectivity index (χ3v) is 8.80. The number of aliphatic hydroxyl groups is 3. The zero-order valence-electron chi connectivity index (χ0n) is 30.9. The molecule has 3 rings (SSSR count). The number of halogens is 1. The number of nitrogens with zero attached hydrogens (tertiary/aromatic N) is 1. The number of carbonyl (C=O) groups excluding carboxylic acids is 3. The second-order valence-electron chi connectivity index (χ2n) is 12.8. The van der Waals surface area contributed by atoms with E-state index in [0.717, 1.165) is 0 Å². The van der Waals surface area contributed by atoms with Crippen LogP contribution in [0, 0.1) is 11.8 Å². The van der Waals surface area contributed by atoms with E-state index in [9.17, 15) is 29.7 Å². The van der Waals surface area contributed by atoms with Gasteiger partial charge in [-0.25, -0.2) is 9.59 Å². The summed E-state index contributed by atoms with van der Waals surface area (Å²) in [6.45, 7) is 1.67. The van der Waals surface area contributed by atoms with Crippen molar-refractivity contribution in [2.45, 2.75) is 76.2 Å². The van der Waals surface area contributed by atoms with Gasteiger partial charge in [0.25, 0.3) is 0 Å². The minimum atomic E-state index is -0.943. The van der Waals surface area contributed by atoms with Crippen molar-refractivity contribution in [3.05, 3.63) is 83.4 Å². The molecule has 1 unspecified atom stereocenters. The smallest absolute Gasteiger partial charge is 0.333 e. The van der Waals surface area contributed by atoms with Crippen LogP contribution in [-0.4, -0.2) is 100 Å². The van der Waals surface area contributed by atoms with Gasteiger partial charge in [0.15, 0.2) is 11.5 Å². The van der Waals surface area contributed by atoms with Gasteiger partial charge in [-0.15, -0.1) is 0 Å². The van der Waals surface area contributed by atoms with E-state index in [1.165, 1.54) is 32.3 Å². The highest BCUT2D eigenvalue weighted by atomic mass is 35.5. The van der Waals surface area contributed by atoms with Crippen LogP contribution in [0.25, 0.3) is 6.08 Å². The fourth-order valence-corrected chi connectivity index (χ4v) is 5.87. The number of unbranched alkanes of at least 4 members (excludes halogenated alkanes) is 2. The van der Waals surface area contributed by atoms with E-state index < -0.39 is 36.3 Å². The number of esters is 2. The van der Waals surface area contributed by atoms with E-state index in [2.05, 4.69) is 10.2 Å². The number of methoxy groups -OCH3 is 1. The number of nitrogens with one attached hydrogen (secondary N) is 1. The Kier molecular flexibility index (Phi) is 19.9. The topological polar surface area (TPSA) is 214 Å². The van der Waals surface area contributed by atoms with Crippen molar-refractivity contribution < 1.29 is 63.9 Å². The molecule has 0 radical (unpaired) electrons. The molecular formula is C39H51ClN2O13. The summed E-state index contributed by atoms with van der Waals surface area (Å²) >= 11 is 5.96. The van der Waals surface area contributed by atoms with Gasteiger partial charge in [0, 0.05) is 29.9 Å². The molecular weight excluding hydrogens is 740 g/mol. The maximum absolute atomic E-state index is 12.7. The van der Waals surface area contributed by atoms with Crippen molar-refractivity contribution in [2.75, 3.05) is 26.9 Å². The molecule has 15 nitrogen and oxygen atoms in total. The van der Waals surface area contributed by atoms with Crippen molar-refractivity contribution >= 4 is 35.5 Å². The summed E-state index contributed by atoms with van der Waals surface area (Å²) in [6.07, 6.45) is 10.4. The first-order chi connectivity index (χ1) is 26.4. The van der Waals surface area contributed by atoms with Crippen LogP contribution in [0.4, 0.5) is 0 Å². The average Bonchev–Trinajstić information content (AvgIpc) is 3.42. The number of carbonyl (C=O) groups is 3. The monoisotopic (exact) mass is 790 g/mol. The minimum absolute atomic E-state index is 0.00481. The molecule has 6 atom stereocenters. The summed E-state index contributed by atoms with van der Waals surface area (Å²) in [5.41, 5.74) is 0.573. The predicted octanol–water partition coefficient (Wildman–Crippen LogP) is 4.58. The molecule has 16 heteroatoms. The zero-order valence-corrected chi connectivity index (χ0v) is 31.6. The summed E-state index contributed by atoms with van der Waals surface area (Å²) < 4.78 is 21.4. The third-order valence-electron chi connectivity index (χ3n) is 8.57. The standard InChI is InChI=1S/C39H51ClN2O13/c1-26(39(48)55-35-18-14-27(22-36(35)51-2)15-19-38(47)52-20-7-8-21-54-42(49)50)41-37(46)13-6-4-3-5-12-31-32(34(45)24-33(31)44)17-16-29(43)25-53-30-11-9-10-28(40)23-30/h3,5,9-11,14-19,22-23,26,29,31-34,43-45,49-50H,4,6-8,12-13,20-21,24-25H2,1-2H3,(H,41,46)/b5-3-,17-16+,19-15+/t26?,29-,31-,32-,33+,34-/m1/s1. The van der Waals surface area contributed by atoms with Crippen LogP contribution in [0.15, 0.2) is 72.8 Å². The number of hydrogen-bond acceptors (Lipinski definition) is 14. The van der Waals surface area contributed by atoms with Crippen molar-refractivity contribution in [2.24, 2.45) is 11.8 Å². The lowest BCUT2D eigenvalue weighted by Crippen LogP contribution is -2.40. The Hall–Kier alpha value is -4.32. The molecule has 1 amide bonds. The van der Waals surface area contributed by atoms with Gasteiger partial charge in [-0.05, 0) is 86.9 Å². The largest absolute Gasteiger partial charge is 0.493 e. The number of rotatable bonds is 23. The molecule has 2 aromatic carbocycles. The van der Waals surface area contributed by atoms with Gasteiger partial charge < -0.3 is 39.6 Å². The number of aliphatic hydroxyl groups excluding tert-OH is 3. The third kappa shape index (κ3) is 16.9. The Balaban J connectivity index is 1.36. The molecule has 0 heterocycles. The predicted molar refractivity (Wildman–Crippen MR) is 200 cm³/mol. The fourth-order valence-electron chi connectivity index (χ4n) is 5.69. The van der Waals surface area contributed by atoms with Crippen LogP contribution in [0.5, 0.6) is 17.2 Å². The molecule has 1 aliphatic rings. The molecule has 1 fully saturated rings. The van der Waals surface area contributed by atoms with Crippen molar-refractivity contribution in [1.29, 1.82) is 0 Å². The SMILES string of the molecule is COc1cc(/C=C/C(=O)OCCCCON(O)O)ccc1OC(=O)C(C)NC(=O)CCC/C=C\C[C@@H]1[C@@H](/C=C/[C@@H](O)COc2cccc(Cl)c2)[C@H](O)C[C@@H]1O. The summed E-state index contributed by atoms with van der Waals surface area (Å²) in [6, 6.07) is 10.6. The Morgan fingerprint density at radius 3 is 2.55 bits per heavy atom. The molecule has 0 aliphatic heterocycles. The molecule has 0 saturated heterocycles. The number of benzene rings is 2. The number of amides is 1. The van der Waals surface area contributed by atoms with Gasteiger partial charge in [-0.1, -0.05) is 48.0 Å². The normalized spacial score (nSPS) is 19.6. The molecule has 0 aromatic heterocycles. The molecule has 55 heavy (non-hydrogen) atoms. The van der Waals surface area contributed by atoms with Crippen LogP contribution in [-0.2, 0) is 24.0 Å². The van der Waals surface area contributed by atoms with Gasteiger partial charge in [0.05, 0.1) is 37.9 Å². The molecule has 302 valence electrons. The fraction of sp³-hybridized carbons (Fsp3) is 0.462.